The highest BCUT2D eigenvalue weighted by atomic mass is 32.2. The van der Waals surface area contributed by atoms with Crippen LogP contribution in [0.25, 0.3) is 0 Å². The lowest BCUT2D eigenvalue weighted by molar-refractivity contribution is -0.116. The number of amides is 1. The molecule has 1 N–H and O–H groups in total. The number of anilines is 1. The smallest absolute Gasteiger partial charge is 0.252 e. The van der Waals surface area contributed by atoms with Crippen molar-refractivity contribution in [3.05, 3.63) is 23.0 Å². The number of rotatable bonds is 5. The van der Waals surface area contributed by atoms with Gasteiger partial charge in [0.25, 0.3) is 10.0 Å². The highest BCUT2D eigenvalue weighted by Gasteiger charge is 2.23. The molecule has 102 valence electrons. The van der Waals surface area contributed by atoms with Gasteiger partial charge in [-0.05, 0) is 11.4 Å². The first kappa shape index (κ1) is 14.1. The summed E-state index contributed by atoms with van der Waals surface area (Å²) >= 11 is 2.27. The van der Waals surface area contributed by atoms with E-state index in [0.29, 0.717) is 5.13 Å². The summed E-state index contributed by atoms with van der Waals surface area (Å²) in [7, 11) is -2.26. The minimum Gasteiger partial charge on any atom is -0.299 e. The van der Waals surface area contributed by atoms with Crippen molar-refractivity contribution < 1.29 is 13.2 Å². The topological polar surface area (TPSA) is 92.3 Å². The first-order chi connectivity index (χ1) is 9.00. The third-order valence-electron chi connectivity index (χ3n) is 2.13. The van der Waals surface area contributed by atoms with Gasteiger partial charge in [0, 0.05) is 7.05 Å². The van der Waals surface area contributed by atoms with Gasteiger partial charge in [-0.2, -0.15) is 4.31 Å². The van der Waals surface area contributed by atoms with Gasteiger partial charge < -0.3 is 0 Å². The number of hydrogen-bond acceptors (Lipinski definition) is 7. The minimum absolute atomic E-state index is 0.207. The van der Waals surface area contributed by atoms with Crippen LogP contribution in [0.2, 0.25) is 0 Å². The lowest BCUT2D eigenvalue weighted by atomic mass is 10.6. The standard InChI is InChI=1S/C9H10N4O3S3/c1-13(19(15,16)8-3-2-4-17-8)5-7(14)11-9-12-10-6-18-9/h2-4,6H,5H2,1H3,(H,11,12,14). The Morgan fingerprint density at radius 2 is 2.26 bits per heavy atom. The second-order valence-electron chi connectivity index (χ2n) is 3.49. The SMILES string of the molecule is CN(CC(=O)Nc1nncs1)S(=O)(=O)c1cccs1. The van der Waals surface area contributed by atoms with Crippen molar-refractivity contribution in [3.8, 4) is 0 Å². The van der Waals surface area contributed by atoms with E-state index < -0.39 is 15.9 Å². The van der Waals surface area contributed by atoms with Crippen LogP contribution in [0.5, 0.6) is 0 Å². The number of aromatic nitrogens is 2. The second-order valence-corrected chi connectivity index (χ2v) is 7.54. The molecule has 0 spiro atoms. The predicted octanol–water partition coefficient (Wildman–Crippen LogP) is 0.859. The number of carbonyl (C=O) groups excluding carboxylic acids is 1. The number of carbonyl (C=O) groups is 1. The lowest BCUT2D eigenvalue weighted by Gasteiger charge is -2.14. The van der Waals surface area contributed by atoms with E-state index in [1.807, 2.05) is 0 Å². The number of likely N-dealkylation sites (N-methyl/N-ethyl adjacent to an activating group) is 1. The maximum atomic E-state index is 12.1. The molecular weight excluding hydrogens is 308 g/mol. The first-order valence-electron chi connectivity index (χ1n) is 5.06. The molecule has 0 saturated carbocycles. The molecule has 7 nitrogen and oxygen atoms in total. The number of hydrogen-bond donors (Lipinski definition) is 1. The van der Waals surface area contributed by atoms with E-state index in [2.05, 4.69) is 15.5 Å². The molecule has 0 aromatic carbocycles. The molecule has 2 aromatic rings. The summed E-state index contributed by atoms with van der Waals surface area (Å²) in [6, 6.07) is 3.14. The molecule has 0 aliphatic rings. The molecule has 1 amide bonds. The molecule has 0 atom stereocenters. The summed E-state index contributed by atoms with van der Waals surface area (Å²) in [6.07, 6.45) is 0. The van der Waals surface area contributed by atoms with Crippen molar-refractivity contribution in [2.75, 3.05) is 18.9 Å². The minimum atomic E-state index is -3.61. The van der Waals surface area contributed by atoms with E-state index in [9.17, 15) is 13.2 Å². The van der Waals surface area contributed by atoms with Crippen LogP contribution in [0.4, 0.5) is 5.13 Å². The number of nitrogens with zero attached hydrogens (tertiary/aromatic N) is 3. The van der Waals surface area contributed by atoms with Gasteiger partial charge in [-0.15, -0.1) is 21.5 Å². The maximum Gasteiger partial charge on any atom is 0.252 e. The fourth-order valence-corrected chi connectivity index (χ4v) is 4.03. The zero-order valence-corrected chi connectivity index (χ0v) is 12.3. The van der Waals surface area contributed by atoms with Crippen molar-refractivity contribution in [1.82, 2.24) is 14.5 Å². The van der Waals surface area contributed by atoms with Gasteiger partial charge in [0.2, 0.25) is 11.0 Å². The van der Waals surface area contributed by atoms with Crippen LogP contribution in [0.1, 0.15) is 0 Å². The Hall–Kier alpha value is -1.36. The van der Waals surface area contributed by atoms with E-state index in [1.165, 1.54) is 18.6 Å². The van der Waals surface area contributed by atoms with Crippen molar-refractivity contribution in [2.24, 2.45) is 0 Å². The summed E-state index contributed by atoms with van der Waals surface area (Å²) in [4.78, 5) is 11.7. The second kappa shape index (κ2) is 5.74. The molecule has 0 bridgehead atoms. The van der Waals surface area contributed by atoms with Crippen LogP contribution in [-0.4, -0.2) is 42.4 Å². The van der Waals surface area contributed by atoms with Crippen molar-refractivity contribution in [3.63, 3.8) is 0 Å². The molecule has 0 saturated heterocycles. The Balaban J connectivity index is 2.01. The van der Waals surface area contributed by atoms with Crippen molar-refractivity contribution >= 4 is 43.7 Å². The van der Waals surface area contributed by atoms with Gasteiger partial charge in [0.1, 0.15) is 9.72 Å². The summed E-state index contributed by atoms with van der Waals surface area (Å²) in [6.45, 7) is -0.278. The summed E-state index contributed by atoms with van der Waals surface area (Å²) in [5, 5.41) is 11.7. The number of sulfonamides is 1. The van der Waals surface area contributed by atoms with Crippen molar-refractivity contribution in [1.29, 1.82) is 0 Å². The molecule has 0 fully saturated rings. The molecule has 0 unspecified atom stereocenters. The van der Waals surface area contributed by atoms with Crippen LogP contribution in [-0.2, 0) is 14.8 Å². The van der Waals surface area contributed by atoms with Gasteiger partial charge >= 0.3 is 0 Å². The van der Waals surface area contributed by atoms with Gasteiger partial charge in [-0.3, -0.25) is 10.1 Å². The Kier molecular flexibility index (Phi) is 4.24. The molecule has 19 heavy (non-hydrogen) atoms. The third kappa shape index (κ3) is 3.35. The molecule has 0 aliphatic carbocycles. The number of thiophene rings is 1. The molecule has 2 heterocycles. The van der Waals surface area contributed by atoms with Gasteiger partial charge in [-0.1, -0.05) is 17.4 Å². The van der Waals surface area contributed by atoms with E-state index in [-0.39, 0.29) is 10.8 Å². The maximum absolute atomic E-state index is 12.1. The molecule has 0 aliphatic heterocycles. The zero-order chi connectivity index (χ0) is 13.9. The zero-order valence-electron chi connectivity index (χ0n) is 9.81. The van der Waals surface area contributed by atoms with Crippen LogP contribution in [0.15, 0.2) is 27.2 Å². The first-order valence-corrected chi connectivity index (χ1v) is 8.26. The summed E-state index contributed by atoms with van der Waals surface area (Å²) < 4.78 is 25.3. The quantitative estimate of drug-likeness (QED) is 0.882. The molecule has 10 heteroatoms. The van der Waals surface area contributed by atoms with Gasteiger partial charge in [-0.25, -0.2) is 8.42 Å². The fraction of sp³-hybridized carbons (Fsp3) is 0.222. The van der Waals surface area contributed by atoms with Crippen LogP contribution in [0, 0.1) is 0 Å². The average molecular weight is 318 g/mol. The largest absolute Gasteiger partial charge is 0.299 e. The molecule has 2 rings (SSSR count). The van der Waals surface area contributed by atoms with E-state index in [1.54, 1.807) is 11.4 Å². The Morgan fingerprint density at radius 3 is 2.84 bits per heavy atom. The Morgan fingerprint density at radius 1 is 1.47 bits per heavy atom. The Labute approximate surface area is 118 Å². The third-order valence-corrected chi connectivity index (χ3v) is 5.92. The highest BCUT2D eigenvalue weighted by Crippen LogP contribution is 2.19. The van der Waals surface area contributed by atoms with Crippen molar-refractivity contribution in [2.45, 2.75) is 4.21 Å². The summed E-state index contributed by atoms with van der Waals surface area (Å²) in [5.74, 6) is -0.459. The van der Waals surface area contributed by atoms with E-state index in [4.69, 9.17) is 0 Å². The monoisotopic (exact) mass is 318 g/mol. The molecule has 0 radical (unpaired) electrons. The highest BCUT2D eigenvalue weighted by molar-refractivity contribution is 7.91. The predicted molar refractivity (Wildman–Crippen MR) is 72.7 cm³/mol. The van der Waals surface area contributed by atoms with E-state index >= 15 is 0 Å². The molecular formula is C9H10N4O3S3. The van der Waals surface area contributed by atoms with Crippen LogP contribution < -0.4 is 5.32 Å². The molecule has 2 aromatic heterocycles. The average Bonchev–Trinajstić information content (AvgIpc) is 3.00. The summed E-state index contributed by atoms with van der Waals surface area (Å²) in [5.41, 5.74) is 1.47. The van der Waals surface area contributed by atoms with Crippen LogP contribution >= 0.6 is 22.7 Å². The Bertz CT molecular complexity index is 636. The van der Waals surface area contributed by atoms with Crippen LogP contribution in [0.3, 0.4) is 0 Å². The van der Waals surface area contributed by atoms with Gasteiger partial charge in [0.05, 0.1) is 6.54 Å². The van der Waals surface area contributed by atoms with Gasteiger partial charge in [0.15, 0.2) is 0 Å². The number of nitrogens with one attached hydrogen (secondary N) is 1. The lowest BCUT2D eigenvalue weighted by Crippen LogP contribution is -2.34. The van der Waals surface area contributed by atoms with E-state index in [0.717, 1.165) is 27.0 Å². The fourth-order valence-electron chi connectivity index (χ4n) is 1.24. The normalized spacial score (nSPS) is 11.7.